The fraction of sp³-hybridized carbons (Fsp3) is 0.200. The average molecular weight is 274 g/mol. The van der Waals surface area contributed by atoms with Crippen LogP contribution in [0.4, 0.5) is 0 Å². The van der Waals surface area contributed by atoms with Crippen molar-refractivity contribution < 1.29 is 5.11 Å². The molecule has 0 spiro atoms. The van der Waals surface area contributed by atoms with Gasteiger partial charge in [-0.3, -0.25) is 0 Å². The maximum Gasteiger partial charge on any atom is 0.114 e. The third kappa shape index (κ3) is 1.99. The van der Waals surface area contributed by atoms with Gasteiger partial charge in [0.25, 0.3) is 0 Å². The van der Waals surface area contributed by atoms with E-state index in [0.717, 1.165) is 16.0 Å². The zero-order valence-electron chi connectivity index (χ0n) is 10.3. The molecule has 3 rings (SSSR count). The number of aliphatic hydroxyl groups excluding tert-OH is 1. The van der Waals surface area contributed by atoms with Gasteiger partial charge in [-0.2, -0.15) is 0 Å². The first-order chi connectivity index (χ1) is 8.65. The first kappa shape index (κ1) is 11.9. The maximum absolute atomic E-state index is 10.5. The number of thiophene rings is 2. The Bertz CT molecular complexity index is 665. The summed E-state index contributed by atoms with van der Waals surface area (Å²) in [5.41, 5.74) is 3.35. The van der Waals surface area contributed by atoms with Crippen LogP contribution in [0.2, 0.25) is 0 Å². The molecule has 3 aromatic rings. The van der Waals surface area contributed by atoms with Gasteiger partial charge in [0.15, 0.2) is 0 Å². The van der Waals surface area contributed by atoms with E-state index in [-0.39, 0.29) is 0 Å². The highest BCUT2D eigenvalue weighted by atomic mass is 32.1. The largest absolute Gasteiger partial charge is 0.383 e. The molecule has 1 atom stereocenters. The number of aliphatic hydroxyl groups is 1. The summed E-state index contributed by atoms with van der Waals surface area (Å²) in [6, 6.07) is 10.5. The number of fused-ring (bicyclic) bond motifs is 1. The second kappa shape index (κ2) is 4.50. The van der Waals surface area contributed by atoms with Crippen molar-refractivity contribution in [1.29, 1.82) is 0 Å². The van der Waals surface area contributed by atoms with E-state index < -0.39 is 6.10 Å². The molecular formula is C15H14OS2. The molecule has 0 amide bonds. The quantitative estimate of drug-likeness (QED) is 0.720. The summed E-state index contributed by atoms with van der Waals surface area (Å²) in [6.07, 6.45) is -0.505. The van der Waals surface area contributed by atoms with Gasteiger partial charge in [-0.25, -0.2) is 0 Å². The molecule has 0 fully saturated rings. The first-order valence-electron chi connectivity index (χ1n) is 5.87. The summed E-state index contributed by atoms with van der Waals surface area (Å²) < 4.78 is 2.53. The Kier molecular flexibility index (Phi) is 2.98. The molecule has 0 radical (unpaired) electrons. The lowest BCUT2D eigenvalue weighted by Crippen LogP contribution is -2.00. The van der Waals surface area contributed by atoms with Gasteiger partial charge in [-0.15, -0.1) is 22.7 Å². The van der Waals surface area contributed by atoms with Crippen molar-refractivity contribution in [2.75, 3.05) is 0 Å². The predicted octanol–water partition coefficient (Wildman–Crippen LogP) is 4.66. The van der Waals surface area contributed by atoms with Gasteiger partial charge in [0.05, 0.1) is 0 Å². The molecule has 18 heavy (non-hydrogen) atoms. The van der Waals surface area contributed by atoms with Crippen LogP contribution in [0.25, 0.3) is 9.40 Å². The molecule has 0 saturated carbocycles. The van der Waals surface area contributed by atoms with Gasteiger partial charge < -0.3 is 5.11 Å². The number of aryl methyl sites for hydroxylation is 2. The van der Waals surface area contributed by atoms with Crippen molar-refractivity contribution >= 4 is 32.1 Å². The molecule has 0 bridgehead atoms. The smallest absolute Gasteiger partial charge is 0.114 e. The molecule has 0 aliphatic heterocycles. The Hall–Kier alpha value is -1.16. The van der Waals surface area contributed by atoms with E-state index in [2.05, 4.69) is 42.6 Å². The third-order valence-corrected chi connectivity index (χ3v) is 5.30. The molecule has 1 aromatic carbocycles. The maximum atomic E-state index is 10.5. The second-order valence-corrected chi connectivity index (χ2v) is 6.62. The molecule has 2 heterocycles. The highest BCUT2D eigenvalue weighted by Crippen LogP contribution is 2.36. The number of hydrogen-bond donors (Lipinski definition) is 1. The van der Waals surface area contributed by atoms with Gasteiger partial charge in [-0.05, 0) is 42.5 Å². The van der Waals surface area contributed by atoms with Crippen LogP contribution in [0.5, 0.6) is 0 Å². The first-order valence-corrected chi connectivity index (χ1v) is 7.57. The van der Waals surface area contributed by atoms with E-state index in [9.17, 15) is 5.11 Å². The SMILES string of the molecule is Cc1ccc(C)c(C(O)c2cc3sccc3s2)c1. The van der Waals surface area contributed by atoms with Crippen molar-refractivity contribution in [2.45, 2.75) is 20.0 Å². The van der Waals surface area contributed by atoms with E-state index in [1.54, 1.807) is 22.7 Å². The van der Waals surface area contributed by atoms with Crippen LogP contribution >= 0.6 is 22.7 Å². The van der Waals surface area contributed by atoms with Crippen molar-refractivity contribution in [1.82, 2.24) is 0 Å². The Morgan fingerprint density at radius 1 is 1.06 bits per heavy atom. The molecule has 92 valence electrons. The zero-order valence-corrected chi connectivity index (χ0v) is 11.9. The van der Waals surface area contributed by atoms with E-state index in [1.807, 2.05) is 6.92 Å². The van der Waals surface area contributed by atoms with E-state index in [1.165, 1.54) is 15.0 Å². The standard InChI is InChI=1S/C15H14OS2/c1-9-3-4-10(2)11(7-9)15(16)14-8-13-12(18-14)5-6-17-13/h3-8,15-16H,1-2H3. The monoisotopic (exact) mass is 274 g/mol. The summed E-state index contributed by atoms with van der Waals surface area (Å²) in [7, 11) is 0. The highest BCUT2D eigenvalue weighted by molar-refractivity contribution is 7.26. The van der Waals surface area contributed by atoms with E-state index in [0.29, 0.717) is 0 Å². The average Bonchev–Trinajstić information content (AvgIpc) is 2.91. The molecule has 1 unspecified atom stereocenters. The number of rotatable bonds is 2. The summed E-state index contributed by atoms with van der Waals surface area (Å²) in [6.45, 7) is 4.11. The van der Waals surface area contributed by atoms with Crippen LogP contribution in [-0.4, -0.2) is 5.11 Å². The Balaban J connectivity index is 2.05. The minimum Gasteiger partial charge on any atom is -0.383 e. The Morgan fingerprint density at radius 2 is 1.89 bits per heavy atom. The van der Waals surface area contributed by atoms with Gasteiger partial charge in [0.1, 0.15) is 6.10 Å². The molecule has 0 saturated heterocycles. The lowest BCUT2D eigenvalue weighted by Gasteiger charge is -2.12. The fourth-order valence-electron chi connectivity index (χ4n) is 2.13. The number of hydrogen-bond acceptors (Lipinski definition) is 3. The van der Waals surface area contributed by atoms with Crippen LogP contribution in [0.3, 0.4) is 0 Å². The van der Waals surface area contributed by atoms with Crippen LogP contribution in [0, 0.1) is 13.8 Å². The van der Waals surface area contributed by atoms with Gasteiger partial charge in [0.2, 0.25) is 0 Å². The third-order valence-electron chi connectivity index (χ3n) is 3.16. The van der Waals surface area contributed by atoms with Crippen molar-refractivity contribution in [3.63, 3.8) is 0 Å². The molecular weight excluding hydrogens is 260 g/mol. The predicted molar refractivity (Wildman–Crippen MR) is 79.7 cm³/mol. The summed E-state index contributed by atoms with van der Waals surface area (Å²) in [5, 5.41) is 12.6. The number of benzene rings is 1. The molecule has 0 aliphatic rings. The zero-order chi connectivity index (χ0) is 12.7. The van der Waals surface area contributed by atoms with Crippen molar-refractivity contribution in [3.8, 4) is 0 Å². The van der Waals surface area contributed by atoms with E-state index >= 15 is 0 Å². The van der Waals surface area contributed by atoms with Gasteiger partial charge in [-0.1, -0.05) is 23.8 Å². The lowest BCUT2D eigenvalue weighted by atomic mass is 10.00. The minimum atomic E-state index is -0.505. The highest BCUT2D eigenvalue weighted by Gasteiger charge is 2.16. The molecule has 1 N–H and O–H groups in total. The Labute approximate surface area is 114 Å². The summed E-state index contributed by atoms with van der Waals surface area (Å²) in [5.74, 6) is 0. The van der Waals surface area contributed by atoms with Crippen LogP contribution < -0.4 is 0 Å². The van der Waals surface area contributed by atoms with Crippen molar-refractivity contribution in [3.05, 3.63) is 57.3 Å². The fourth-order valence-corrected chi connectivity index (χ4v) is 4.25. The summed E-state index contributed by atoms with van der Waals surface area (Å²) in [4.78, 5) is 1.03. The Morgan fingerprint density at radius 3 is 2.67 bits per heavy atom. The van der Waals surface area contributed by atoms with Crippen LogP contribution in [-0.2, 0) is 0 Å². The van der Waals surface area contributed by atoms with E-state index in [4.69, 9.17) is 0 Å². The molecule has 1 nitrogen and oxygen atoms in total. The molecule has 3 heteroatoms. The lowest BCUT2D eigenvalue weighted by molar-refractivity contribution is 0.223. The minimum absolute atomic E-state index is 0.505. The van der Waals surface area contributed by atoms with Crippen molar-refractivity contribution in [2.24, 2.45) is 0 Å². The second-order valence-electron chi connectivity index (χ2n) is 4.56. The van der Waals surface area contributed by atoms with Crippen LogP contribution in [0.1, 0.15) is 27.7 Å². The molecule has 0 aliphatic carbocycles. The van der Waals surface area contributed by atoms with Gasteiger partial charge in [0, 0.05) is 14.3 Å². The normalized spacial score (nSPS) is 13.1. The van der Waals surface area contributed by atoms with Crippen LogP contribution in [0.15, 0.2) is 35.7 Å². The summed E-state index contributed by atoms with van der Waals surface area (Å²) >= 11 is 3.41. The molecule has 2 aromatic heterocycles. The topological polar surface area (TPSA) is 20.2 Å². The van der Waals surface area contributed by atoms with Gasteiger partial charge >= 0.3 is 0 Å².